The number of nitrogens with zero attached hydrogens (tertiary/aromatic N) is 1. The lowest BCUT2D eigenvalue weighted by Gasteiger charge is -2.28. The van der Waals surface area contributed by atoms with E-state index in [9.17, 15) is 0 Å². The predicted octanol–water partition coefficient (Wildman–Crippen LogP) is 2.20. The molecule has 2 nitrogen and oxygen atoms in total. The molecule has 0 aromatic rings. The van der Waals surface area contributed by atoms with Crippen LogP contribution in [0.5, 0.6) is 0 Å². The van der Waals surface area contributed by atoms with Crippen LogP contribution in [0.2, 0.25) is 0 Å². The Morgan fingerprint density at radius 1 is 1.31 bits per heavy atom. The monoisotopic (exact) mass is 242 g/mol. The van der Waals surface area contributed by atoms with Gasteiger partial charge in [-0.1, -0.05) is 13.3 Å². The number of rotatable bonds is 5. The van der Waals surface area contributed by atoms with Gasteiger partial charge in [0.25, 0.3) is 0 Å². The van der Waals surface area contributed by atoms with Crippen LogP contribution in [0.3, 0.4) is 0 Å². The SMILES string of the molecule is CCNCC1CCN(C2CCCC2SC)C1. The second-order valence-corrected chi connectivity index (χ2v) is 6.31. The zero-order valence-corrected chi connectivity index (χ0v) is 11.6. The molecule has 2 rings (SSSR count). The van der Waals surface area contributed by atoms with Crippen LogP contribution < -0.4 is 5.32 Å². The highest BCUT2D eigenvalue weighted by Gasteiger charge is 2.35. The van der Waals surface area contributed by atoms with Gasteiger partial charge in [-0.3, -0.25) is 4.90 Å². The Bertz CT molecular complexity index is 210. The van der Waals surface area contributed by atoms with Crippen molar-refractivity contribution < 1.29 is 0 Å². The first-order chi connectivity index (χ1) is 7.85. The van der Waals surface area contributed by atoms with Gasteiger partial charge in [-0.05, 0) is 51.1 Å². The molecule has 1 saturated carbocycles. The van der Waals surface area contributed by atoms with Crippen molar-refractivity contribution in [1.82, 2.24) is 10.2 Å². The smallest absolute Gasteiger partial charge is 0.0214 e. The average Bonchev–Trinajstić information content (AvgIpc) is 2.94. The fraction of sp³-hybridized carbons (Fsp3) is 1.00. The van der Waals surface area contributed by atoms with Gasteiger partial charge in [0.05, 0.1) is 0 Å². The van der Waals surface area contributed by atoms with Gasteiger partial charge in [-0.25, -0.2) is 0 Å². The molecule has 0 aromatic heterocycles. The first-order valence-corrected chi connectivity index (χ1v) is 8.11. The van der Waals surface area contributed by atoms with Crippen molar-refractivity contribution in [1.29, 1.82) is 0 Å². The number of hydrogen-bond donors (Lipinski definition) is 1. The van der Waals surface area contributed by atoms with Gasteiger partial charge in [0.2, 0.25) is 0 Å². The normalized spacial score (nSPS) is 36.0. The number of likely N-dealkylation sites (tertiary alicyclic amines) is 1. The van der Waals surface area contributed by atoms with Crippen LogP contribution in [0.25, 0.3) is 0 Å². The molecule has 1 aliphatic heterocycles. The Morgan fingerprint density at radius 2 is 2.19 bits per heavy atom. The largest absolute Gasteiger partial charge is 0.317 e. The fourth-order valence-corrected chi connectivity index (χ4v) is 4.30. The molecule has 1 aliphatic carbocycles. The summed E-state index contributed by atoms with van der Waals surface area (Å²) in [7, 11) is 0. The molecular formula is C13H26N2S. The minimum Gasteiger partial charge on any atom is -0.317 e. The van der Waals surface area contributed by atoms with Gasteiger partial charge >= 0.3 is 0 Å². The topological polar surface area (TPSA) is 15.3 Å². The van der Waals surface area contributed by atoms with Crippen LogP contribution in [0, 0.1) is 5.92 Å². The fourth-order valence-electron chi connectivity index (χ4n) is 3.28. The van der Waals surface area contributed by atoms with E-state index in [0.717, 1.165) is 23.8 Å². The Hall–Kier alpha value is 0.270. The first kappa shape index (κ1) is 12.7. The molecule has 1 heterocycles. The summed E-state index contributed by atoms with van der Waals surface area (Å²) in [6.45, 7) is 7.23. The van der Waals surface area contributed by atoms with E-state index in [0.29, 0.717) is 0 Å². The molecule has 3 atom stereocenters. The molecule has 2 fully saturated rings. The van der Waals surface area contributed by atoms with Gasteiger partial charge in [0, 0.05) is 17.8 Å². The standard InChI is InChI=1S/C13H26N2S/c1-3-14-9-11-7-8-15(10-11)12-5-4-6-13(12)16-2/h11-14H,3-10H2,1-2H3. The minimum absolute atomic E-state index is 0.890. The van der Waals surface area contributed by atoms with Crippen molar-refractivity contribution in [3.05, 3.63) is 0 Å². The predicted molar refractivity (Wildman–Crippen MR) is 73.2 cm³/mol. The van der Waals surface area contributed by atoms with Crippen LogP contribution in [0.15, 0.2) is 0 Å². The van der Waals surface area contributed by atoms with Crippen LogP contribution in [0.4, 0.5) is 0 Å². The molecule has 0 radical (unpaired) electrons. The highest BCUT2D eigenvalue weighted by atomic mass is 32.2. The summed E-state index contributed by atoms with van der Waals surface area (Å²) < 4.78 is 0. The molecule has 0 amide bonds. The van der Waals surface area contributed by atoms with E-state index >= 15 is 0 Å². The molecule has 3 unspecified atom stereocenters. The molecule has 1 saturated heterocycles. The lowest BCUT2D eigenvalue weighted by molar-refractivity contribution is 0.241. The maximum Gasteiger partial charge on any atom is 0.0214 e. The summed E-state index contributed by atoms with van der Waals surface area (Å²) in [6.07, 6.45) is 8.03. The van der Waals surface area contributed by atoms with Gasteiger partial charge < -0.3 is 5.32 Å². The third-order valence-corrected chi connectivity index (χ3v) is 5.35. The second-order valence-electron chi connectivity index (χ2n) is 5.23. The van der Waals surface area contributed by atoms with Crippen LogP contribution in [-0.2, 0) is 0 Å². The highest BCUT2D eigenvalue weighted by Crippen LogP contribution is 2.34. The summed E-state index contributed by atoms with van der Waals surface area (Å²) >= 11 is 2.09. The highest BCUT2D eigenvalue weighted by molar-refractivity contribution is 7.99. The minimum atomic E-state index is 0.890. The summed E-state index contributed by atoms with van der Waals surface area (Å²) in [5.41, 5.74) is 0. The summed E-state index contributed by atoms with van der Waals surface area (Å²) in [5, 5.41) is 4.41. The van der Waals surface area contributed by atoms with Gasteiger partial charge in [-0.15, -0.1) is 0 Å². The van der Waals surface area contributed by atoms with Crippen molar-refractivity contribution in [3.63, 3.8) is 0 Å². The lowest BCUT2D eigenvalue weighted by atomic mass is 10.1. The van der Waals surface area contributed by atoms with E-state index in [2.05, 4.69) is 35.2 Å². The molecule has 0 bridgehead atoms. The molecule has 94 valence electrons. The molecule has 16 heavy (non-hydrogen) atoms. The average molecular weight is 242 g/mol. The first-order valence-electron chi connectivity index (χ1n) is 6.82. The van der Waals surface area contributed by atoms with E-state index in [4.69, 9.17) is 0 Å². The summed E-state index contributed by atoms with van der Waals surface area (Å²) in [4.78, 5) is 2.77. The van der Waals surface area contributed by atoms with Crippen LogP contribution in [-0.4, -0.2) is 48.6 Å². The molecule has 0 aromatic carbocycles. The number of hydrogen-bond acceptors (Lipinski definition) is 3. The maximum atomic E-state index is 3.49. The van der Waals surface area contributed by atoms with E-state index in [-0.39, 0.29) is 0 Å². The van der Waals surface area contributed by atoms with Crippen molar-refractivity contribution in [2.75, 3.05) is 32.4 Å². The Labute approximate surface area is 105 Å². The van der Waals surface area contributed by atoms with Gasteiger partial charge in [0.1, 0.15) is 0 Å². The van der Waals surface area contributed by atoms with Crippen molar-refractivity contribution >= 4 is 11.8 Å². The van der Waals surface area contributed by atoms with Crippen molar-refractivity contribution in [2.45, 2.75) is 43.9 Å². The third kappa shape index (κ3) is 2.93. The van der Waals surface area contributed by atoms with E-state index < -0.39 is 0 Å². The summed E-state index contributed by atoms with van der Waals surface area (Å²) in [6, 6.07) is 0.890. The lowest BCUT2D eigenvalue weighted by Crippen LogP contribution is -2.38. The van der Waals surface area contributed by atoms with E-state index in [1.54, 1.807) is 0 Å². The number of nitrogens with one attached hydrogen (secondary N) is 1. The molecule has 2 aliphatic rings. The number of thioether (sulfide) groups is 1. The molecule has 1 N–H and O–H groups in total. The Morgan fingerprint density at radius 3 is 2.94 bits per heavy atom. The molecular weight excluding hydrogens is 216 g/mol. The molecule has 3 heteroatoms. The van der Waals surface area contributed by atoms with Crippen molar-refractivity contribution in [3.8, 4) is 0 Å². The summed E-state index contributed by atoms with van der Waals surface area (Å²) in [5.74, 6) is 0.906. The van der Waals surface area contributed by atoms with Gasteiger partial charge in [-0.2, -0.15) is 11.8 Å². The van der Waals surface area contributed by atoms with Crippen LogP contribution >= 0.6 is 11.8 Å². The zero-order valence-electron chi connectivity index (χ0n) is 10.7. The Kier molecular flexibility index (Phi) is 4.98. The molecule has 0 spiro atoms. The zero-order chi connectivity index (χ0) is 11.4. The van der Waals surface area contributed by atoms with Crippen LogP contribution in [0.1, 0.15) is 32.6 Å². The Balaban J connectivity index is 1.79. The maximum absolute atomic E-state index is 3.49. The van der Waals surface area contributed by atoms with Gasteiger partial charge in [0.15, 0.2) is 0 Å². The second kappa shape index (κ2) is 6.27. The third-order valence-electron chi connectivity index (χ3n) is 4.19. The van der Waals surface area contributed by atoms with E-state index in [1.807, 2.05) is 0 Å². The van der Waals surface area contributed by atoms with Crippen molar-refractivity contribution in [2.24, 2.45) is 5.92 Å². The quantitative estimate of drug-likeness (QED) is 0.796. The van der Waals surface area contributed by atoms with E-state index in [1.165, 1.54) is 45.3 Å².